The van der Waals surface area contributed by atoms with E-state index in [1.165, 1.54) is 29.8 Å². The fourth-order valence-electron chi connectivity index (χ4n) is 3.85. The van der Waals surface area contributed by atoms with E-state index < -0.39 is 0 Å². The minimum atomic E-state index is -0.252. The summed E-state index contributed by atoms with van der Waals surface area (Å²) in [6.45, 7) is 2.21. The fraction of sp³-hybridized carbons (Fsp3) is 0.227. The Labute approximate surface area is 163 Å². The zero-order chi connectivity index (χ0) is 19.0. The zero-order valence-electron chi connectivity index (χ0n) is 14.9. The summed E-state index contributed by atoms with van der Waals surface area (Å²) in [7, 11) is 0. The lowest BCUT2D eigenvalue weighted by Gasteiger charge is -2.39. The lowest BCUT2D eigenvalue weighted by atomic mass is 9.77. The molecule has 2 aromatic rings. The Morgan fingerprint density at radius 1 is 1.00 bits per heavy atom. The van der Waals surface area contributed by atoms with Crippen molar-refractivity contribution in [3.05, 3.63) is 88.1 Å². The molecule has 1 heterocycles. The molecule has 2 aromatic carbocycles. The van der Waals surface area contributed by atoms with Crippen molar-refractivity contribution in [3.63, 3.8) is 0 Å². The van der Waals surface area contributed by atoms with Crippen molar-refractivity contribution < 1.29 is 8.78 Å². The second-order valence-electron chi connectivity index (χ2n) is 7.07. The molecular formula is C22H20F2N2S. The Hall–Kier alpha value is -2.53. The van der Waals surface area contributed by atoms with Gasteiger partial charge in [0.2, 0.25) is 0 Å². The van der Waals surface area contributed by atoms with Crippen molar-refractivity contribution in [1.29, 1.82) is 0 Å². The summed E-state index contributed by atoms with van der Waals surface area (Å²) >= 11 is 5.44. The van der Waals surface area contributed by atoms with Gasteiger partial charge in [-0.2, -0.15) is 0 Å². The third-order valence-electron chi connectivity index (χ3n) is 5.23. The summed E-state index contributed by atoms with van der Waals surface area (Å²) in [6.07, 6.45) is 4.02. The van der Waals surface area contributed by atoms with Gasteiger partial charge < -0.3 is 10.6 Å². The maximum absolute atomic E-state index is 13.4. The van der Waals surface area contributed by atoms with Gasteiger partial charge in [0.1, 0.15) is 11.6 Å². The molecule has 0 bridgehead atoms. The van der Waals surface area contributed by atoms with Crippen LogP contribution in [0.4, 0.5) is 8.78 Å². The highest BCUT2D eigenvalue weighted by molar-refractivity contribution is 7.80. The van der Waals surface area contributed by atoms with Gasteiger partial charge in [-0.15, -0.1) is 0 Å². The second-order valence-corrected chi connectivity index (χ2v) is 7.48. The summed E-state index contributed by atoms with van der Waals surface area (Å²) in [4.78, 5) is 0. The van der Waals surface area contributed by atoms with Gasteiger partial charge in [-0.05, 0) is 83.6 Å². The van der Waals surface area contributed by atoms with Crippen molar-refractivity contribution >= 4 is 23.4 Å². The van der Waals surface area contributed by atoms with Crippen LogP contribution in [-0.2, 0) is 0 Å². The van der Waals surface area contributed by atoms with Crippen LogP contribution in [0.25, 0.3) is 6.08 Å². The van der Waals surface area contributed by atoms with Gasteiger partial charge >= 0.3 is 0 Å². The average Bonchev–Trinajstić information content (AvgIpc) is 2.66. The van der Waals surface area contributed by atoms with Crippen LogP contribution in [0.1, 0.15) is 36.9 Å². The SMILES string of the molecule is CC1CC/C(=C\c2ccc(F)cc2)C2=C1C(c1ccc(F)cc1)NC(=S)N2. The third kappa shape index (κ3) is 3.65. The molecule has 4 rings (SSSR count). The highest BCUT2D eigenvalue weighted by Gasteiger charge is 2.34. The van der Waals surface area contributed by atoms with Gasteiger partial charge in [-0.1, -0.05) is 31.2 Å². The van der Waals surface area contributed by atoms with Crippen molar-refractivity contribution in [2.75, 3.05) is 0 Å². The van der Waals surface area contributed by atoms with Crippen LogP contribution in [0.3, 0.4) is 0 Å². The van der Waals surface area contributed by atoms with Crippen molar-refractivity contribution in [2.24, 2.45) is 5.92 Å². The molecule has 0 radical (unpaired) electrons. The van der Waals surface area contributed by atoms with Gasteiger partial charge in [0.25, 0.3) is 0 Å². The Balaban J connectivity index is 1.79. The van der Waals surface area contributed by atoms with Crippen molar-refractivity contribution in [2.45, 2.75) is 25.8 Å². The lowest BCUT2D eigenvalue weighted by molar-refractivity contribution is 0.501. The van der Waals surface area contributed by atoms with E-state index in [2.05, 4.69) is 23.6 Å². The van der Waals surface area contributed by atoms with Crippen LogP contribution in [0.15, 0.2) is 65.4 Å². The number of allylic oxidation sites excluding steroid dienone is 1. The molecule has 27 heavy (non-hydrogen) atoms. The van der Waals surface area contributed by atoms with Gasteiger partial charge in [-0.3, -0.25) is 0 Å². The largest absolute Gasteiger partial charge is 0.352 e. The summed E-state index contributed by atoms with van der Waals surface area (Å²) < 4.78 is 26.6. The minimum Gasteiger partial charge on any atom is -0.352 e. The van der Waals surface area contributed by atoms with Crippen molar-refractivity contribution in [1.82, 2.24) is 10.6 Å². The fourth-order valence-corrected chi connectivity index (χ4v) is 4.07. The van der Waals surface area contributed by atoms with Gasteiger partial charge in [-0.25, -0.2) is 8.78 Å². The quantitative estimate of drug-likeness (QED) is 0.694. The average molecular weight is 382 g/mol. The molecule has 138 valence electrons. The molecule has 2 aliphatic rings. The van der Waals surface area contributed by atoms with Crippen LogP contribution >= 0.6 is 12.2 Å². The molecule has 0 aromatic heterocycles. The first-order valence-corrected chi connectivity index (χ1v) is 9.45. The highest BCUT2D eigenvalue weighted by atomic mass is 32.1. The molecule has 2 nitrogen and oxygen atoms in total. The molecule has 0 fully saturated rings. The predicted octanol–water partition coefficient (Wildman–Crippen LogP) is 5.25. The first kappa shape index (κ1) is 17.9. The van der Waals surface area contributed by atoms with E-state index in [1.54, 1.807) is 24.3 Å². The topological polar surface area (TPSA) is 24.1 Å². The summed E-state index contributed by atoms with van der Waals surface area (Å²) in [5.41, 5.74) is 5.37. The maximum atomic E-state index is 13.4. The van der Waals surface area contributed by atoms with Crippen molar-refractivity contribution in [3.8, 4) is 0 Å². The van der Waals surface area contributed by atoms with E-state index in [1.807, 2.05) is 0 Å². The Bertz CT molecular complexity index is 930. The summed E-state index contributed by atoms with van der Waals surface area (Å²) in [5.74, 6) is -0.131. The number of hydrogen-bond donors (Lipinski definition) is 2. The smallest absolute Gasteiger partial charge is 0.171 e. The molecule has 1 aliphatic heterocycles. The number of thiocarbonyl (C=S) groups is 1. The Morgan fingerprint density at radius 2 is 1.63 bits per heavy atom. The van der Waals surface area contributed by atoms with Crippen LogP contribution in [0.2, 0.25) is 0 Å². The number of hydrogen-bond acceptors (Lipinski definition) is 1. The number of nitrogens with one attached hydrogen (secondary N) is 2. The molecule has 2 unspecified atom stereocenters. The number of halogens is 2. The highest BCUT2D eigenvalue weighted by Crippen LogP contribution is 2.41. The first-order chi connectivity index (χ1) is 13.0. The van der Waals surface area contributed by atoms with E-state index in [9.17, 15) is 8.78 Å². The molecule has 0 spiro atoms. The molecule has 2 N–H and O–H groups in total. The molecule has 0 saturated heterocycles. The maximum Gasteiger partial charge on any atom is 0.171 e. The number of benzene rings is 2. The van der Waals surface area contributed by atoms with Gasteiger partial charge in [0.15, 0.2) is 5.11 Å². The normalized spacial score (nSPS) is 23.7. The first-order valence-electron chi connectivity index (χ1n) is 9.05. The molecule has 2 atom stereocenters. The molecule has 0 saturated carbocycles. The summed E-state index contributed by atoms with van der Waals surface area (Å²) in [6, 6.07) is 13.0. The third-order valence-corrected chi connectivity index (χ3v) is 5.45. The molecule has 5 heteroatoms. The molecule has 0 amide bonds. The van der Waals surface area contributed by atoms with E-state index in [-0.39, 0.29) is 17.7 Å². The number of rotatable bonds is 2. The van der Waals surface area contributed by atoms with Crippen LogP contribution in [-0.4, -0.2) is 5.11 Å². The van der Waals surface area contributed by atoms with Gasteiger partial charge in [0.05, 0.1) is 6.04 Å². The monoisotopic (exact) mass is 382 g/mol. The standard InChI is InChI=1S/C22H20F2N2S/c1-13-2-5-16(12-14-3-8-17(23)9-4-14)21-19(13)20(25-22(27)26-21)15-6-10-18(24)11-7-15/h3-4,6-13,20H,2,5H2,1H3,(H2,25,26,27)/b16-12+. The van der Waals surface area contributed by atoms with Crippen LogP contribution < -0.4 is 10.6 Å². The Morgan fingerprint density at radius 3 is 2.30 bits per heavy atom. The van der Waals surface area contributed by atoms with E-state index >= 15 is 0 Å². The minimum absolute atomic E-state index is 0.0822. The lowest BCUT2D eigenvalue weighted by Crippen LogP contribution is -2.46. The molecule has 1 aliphatic carbocycles. The Kier molecular flexibility index (Phi) is 4.79. The van der Waals surface area contributed by atoms with E-state index in [0.717, 1.165) is 35.2 Å². The predicted molar refractivity (Wildman–Crippen MR) is 108 cm³/mol. The van der Waals surface area contributed by atoms with E-state index in [4.69, 9.17) is 12.2 Å². The van der Waals surface area contributed by atoms with Crippen LogP contribution in [0.5, 0.6) is 0 Å². The zero-order valence-corrected chi connectivity index (χ0v) is 15.7. The van der Waals surface area contributed by atoms with Crippen LogP contribution in [0, 0.1) is 17.6 Å². The van der Waals surface area contributed by atoms with E-state index in [0.29, 0.717) is 11.0 Å². The summed E-state index contributed by atoms with van der Waals surface area (Å²) in [5, 5.41) is 7.22. The second kappa shape index (κ2) is 7.24. The molecular weight excluding hydrogens is 362 g/mol. The van der Waals surface area contributed by atoms with Gasteiger partial charge in [0, 0.05) is 5.70 Å².